The van der Waals surface area contributed by atoms with E-state index in [1.165, 1.54) is 51.4 Å². The van der Waals surface area contributed by atoms with Crippen LogP contribution in [0, 0.1) is 0 Å². The van der Waals surface area contributed by atoms with Crippen molar-refractivity contribution < 1.29 is 9.53 Å². The van der Waals surface area contributed by atoms with Crippen molar-refractivity contribution in [1.82, 2.24) is 0 Å². The number of esters is 1. The first kappa shape index (κ1) is 14.5. The van der Waals surface area contributed by atoms with Crippen LogP contribution >= 0.6 is 0 Å². The Labute approximate surface area is 106 Å². The minimum atomic E-state index is 0.0284. The van der Waals surface area contributed by atoms with Gasteiger partial charge in [0.2, 0.25) is 0 Å². The van der Waals surface area contributed by atoms with Gasteiger partial charge in [-0.1, -0.05) is 45.4 Å². The van der Waals surface area contributed by atoms with Crippen molar-refractivity contribution in [2.75, 3.05) is 0 Å². The van der Waals surface area contributed by atoms with Crippen molar-refractivity contribution in [3.63, 3.8) is 0 Å². The second-order valence-electron chi connectivity index (χ2n) is 5.27. The predicted octanol–water partition coefficient (Wildman–Crippen LogP) is 4.61. The van der Waals surface area contributed by atoms with Crippen LogP contribution in [0.2, 0.25) is 0 Å². The lowest BCUT2D eigenvalue weighted by Gasteiger charge is -2.20. The molecule has 0 aromatic rings. The van der Waals surface area contributed by atoms with Gasteiger partial charge in [0.15, 0.2) is 0 Å². The fourth-order valence-corrected chi connectivity index (χ4v) is 2.48. The molecule has 2 nitrogen and oxygen atoms in total. The topological polar surface area (TPSA) is 26.3 Å². The number of unbranched alkanes of at least 4 members (excludes halogenated alkanes) is 5. The Bertz CT molecular complexity index is 201. The molecule has 0 aromatic carbocycles. The molecule has 0 N–H and O–H groups in total. The van der Waals surface area contributed by atoms with Gasteiger partial charge < -0.3 is 4.74 Å². The Morgan fingerprint density at radius 2 is 1.82 bits per heavy atom. The molecule has 0 bridgehead atoms. The van der Waals surface area contributed by atoms with Crippen LogP contribution in [-0.4, -0.2) is 12.1 Å². The summed E-state index contributed by atoms with van der Waals surface area (Å²) in [4.78, 5) is 11.4. The summed E-state index contributed by atoms with van der Waals surface area (Å²) in [6.07, 6.45) is 14.3. The number of rotatable bonds is 7. The van der Waals surface area contributed by atoms with Crippen molar-refractivity contribution in [2.45, 2.75) is 90.1 Å². The predicted molar refractivity (Wildman–Crippen MR) is 71.0 cm³/mol. The molecule has 2 heteroatoms. The quantitative estimate of drug-likeness (QED) is 0.479. The van der Waals surface area contributed by atoms with Crippen LogP contribution in [-0.2, 0) is 9.53 Å². The third kappa shape index (κ3) is 7.40. The monoisotopic (exact) mass is 240 g/mol. The number of ether oxygens (including phenoxy) is 1. The molecule has 0 amide bonds. The summed E-state index contributed by atoms with van der Waals surface area (Å²) in [5, 5.41) is 0. The van der Waals surface area contributed by atoms with E-state index in [4.69, 9.17) is 4.74 Å². The fourth-order valence-electron chi connectivity index (χ4n) is 2.48. The zero-order chi connectivity index (χ0) is 12.3. The van der Waals surface area contributed by atoms with Crippen molar-refractivity contribution in [2.24, 2.45) is 0 Å². The number of cyclic esters (lactones) is 1. The third-order valence-corrected chi connectivity index (χ3v) is 3.58. The van der Waals surface area contributed by atoms with Crippen molar-refractivity contribution in [3.05, 3.63) is 0 Å². The molecule has 0 spiro atoms. The van der Waals surface area contributed by atoms with E-state index >= 15 is 0 Å². The number of hydrogen-bond donors (Lipinski definition) is 0. The van der Waals surface area contributed by atoms with Crippen LogP contribution in [0.5, 0.6) is 0 Å². The van der Waals surface area contributed by atoms with Crippen LogP contribution < -0.4 is 0 Å². The zero-order valence-corrected chi connectivity index (χ0v) is 11.4. The molecule has 1 fully saturated rings. The van der Waals surface area contributed by atoms with Crippen molar-refractivity contribution in [3.8, 4) is 0 Å². The van der Waals surface area contributed by atoms with Crippen LogP contribution in [0.4, 0.5) is 0 Å². The van der Waals surface area contributed by atoms with Gasteiger partial charge in [-0.25, -0.2) is 0 Å². The lowest BCUT2D eigenvalue weighted by atomic mass is 10.0. The summed E-state index contributed by atoms with van der Waals surface area (Å²) >= 11 is 0. The smallest absolute Gasteiger partial charge is 0.306 e. The third-order valence-electron chi connectivity index (χ3n) is 3.58. The summed E-state index contributed by atoms with van der Waals surface area (Å²) in [5.74, 6) is 0.0284. The first-order valence-electron chi connectivity index (χ1n) is 7.52. The SMILES string of the molecule is CCCCCCCCC1CCCCCC(=O)O1. The standard InChI is InChI=1S/C15H28O2/c1-2-3-4-5-6-8-11-14-12-9-7-10-13-15(16)17-14/h14H,2-13H2,1H3. The van der Waals surface area contributed by atoms with E-state index in [0.29, 0.717) is 6.42 Å². The maximum atomic E-state index is 11.4. The Hall–Kier alpha value is -0.530. The molecule has 1 atom stereocenters. The molecule has 1 saturated heterocycles. The maximum absolute atomic E-state index is 11.4. The first-order valence-corrected chi connectivity index (χ1v) is 7.52. The van der Waals surface area contributed by atoms with E-state index in [0.717, 1.165) is 19.3 Å². The molecule has 1 aliphatic heterocycles. The minimum Gasteiger partial charge on any atom is -0.462 e. The van der Waals surface area contributed by atoms with Gasteiger partial charge in [-0.3, -0.25) is 4.79 Å². The number of carbonyl (C=O) groups excluding carboxylic acids is 1. The van der Waals surface area contributed by atoms with Gasteiger partial charge >= 0.3 is 5.97 Å². The van der Waals surface area contributed by atoms with E-state index in [9.17, 15) is 4.79 Å². The number of carbonyl (C=O) groups is 1. The van der Waals surface area contributed by atoms with Crippen LogP contribution in [0.3, 0.4) is 0 Å². The molecule has 0 saturated carbocycles. The average molecular weight is 240 g/mol. The van der Waals surface area contributed by atoms with Crippen LogP contribution in [0.1, 0.15) is 84.0 Å². The minimum absolute atomic E-state index is 0.0284. The molecule has 1 aliphatic rings. The molecule has 1 heterocycles. The second-order valence-corrected chi connectivity index (χ2v) is 5.27. The van der Waals surface area contributed by atoms with Gasteiger partial charge in [0.05, 0.1) is 0 Å². The normalized spacial score (nSPS) is 21.7. The van der Waals surface area contributed by atoms with Crippen molar-refractivity contribution >= 4 is 5.97 Å². The second kappa shape index (κ2) is 9.49. The van der Waals surface area contributed by atoms with E-state index < -0.39 is 0 Å². The molecule has 0 radical (unpaired) electrons. The van der Waals surface area contributed by atoms with E-state index in [1.807, 2.05) is 0 Å². The molecule has 100 valence electrons. The molecular weight excluding hydrogens is 212 g/mol. The first-order chi connectivity index (χ1) is 8.33. The average Bonchev–Trinajstić information content (AvgIpc) is 2.29. The molecule has 1 rings (SSSR count). The Morgan fingerprint density at radius 1 is 1.06 bits per heavy atom. The van der Waals surface area contributed by atoms with Crippen LogP contribution in [0.25, 0.3) is 0 Å². The van der Waals surface area contributed by atoms with Gasteiger partial charge in [-0.05, 0) is 32.1 Å². The lowest BCUT2D eigenvalue weighted by Crippen LogP contribution is -2.20. The highest BCUT2D eigenvalue weighted by Crippen LogP contribution is 2.19. The van der Waals surface area contributed by atoms with Gasteiger partial charge in [-0.15, -0.1) is 0 Å². The lowest BCUT2D eigenvalue weighted by molar-refractivity contribution is -0.150. The number of hydrogen-bond acceptors (Lipinski definition) is 2. The molecule has 17 heavy (non-hydrogen) atoms. The summed E-state index contributed by atoms with van der Waals surface area (Å²) < 4.78 is 5.48. The molecule has 1 unspecified atom stereocenters. The van der Waals surface area contributed by atoms with E-state index in [-0.39, 0.29) is 12.1 Å². The van der Waals surface area contributed by atoms with Crippen molar-refractivity contribution in [1.29, 1.82) is 0 Å². The highest BCUT2D eigenvalue weighted by atomic mass is 16.5. The molecular formula is C15H28O2. The Morgan fingerprint density at radius 3 is 2.65 bits per heavy atom. The maximum Gasteiger partial charge on any atom is 0.306 e. The summed E-state index contributed by atoms with van der Waals surface area (Å²) in [6, 6.07) is 0. The Balaban J connectivity index is 2.05. The van der Waals surface area contributed by atoms with Gasteiger partial charge in [-0.2, -0.15) is 0 Å². The Kier molecular flexibility index (Phi) is 8.12. The largest absolute Gasteiger partial charge is 0.462 e. The van der Waals surface area contributed by atoms with Gasteiger partial charge in [0.25, 0.3) is 0 Å². The highest BCUT2D eigenvalue weighted by molar-refractivity contribution is 5.69. The fraction of sp³-hybridized carbons (Fsp3) is 0.933. The molecule has 0 aromatic heterocycles. The van der Waals surface area contributed by atoms with E-state index in [2.05, 4.69) is 6.92 Å². The van der Waals surface area contributed by atoms with Gasteiger partial charge in [0.1, 0.15) is 6.10 Å². The molecule has 0 aliphatic carbocycles. The van der Waals surface area contributed by atoms with Gasteiger partial charge in [0, 0.05) is 6.42 Å². The van der Waals surface area contributed by atoms with Crippen LogP contribution in [0.15, 0.2) is 0 Å². The summed E-state index contributed by atoms with van der Waals surface area (Å²) in [7, 11) is 0. The van der Waals surface area contributed by atoms with E-state index in [1.54, 1.807) is 0 Å². The summed E-state index contributed by atoms with van der Waals surface area (Å²) in [6.45, 7) is 2.24. The zero-order valence-electron chi connectivity index (χ0n) is 11.4. The summed E-state index contributed by atoms with van der Waals surface area (Å²) in [5.41, 5.74) is 0. The highest BCUT2D eigenvalue weighted by Gasteiger charge is 2.16.